The molecule has 1 saturated heterocycles. The third-order valence-electron chi connectivity index (χ3n) is 2.69. The minimum Gasteiger partial charge on any atom is -0.378 e. The first-order chi connectivity index (χ1) is 7.66. The van der Waals surface area contributed by atoms with Crippen LogP contribution in [0.25, 0.3) is 0 Å². The largest absolute Gasteiger partial charge is 0.378 e. The van der Waals surface area contributed by atoms with Gasteiger partial charge in [0.2, 0.25) is 5.91 Å². The van der Waals surface area contributed by atoms with Crippen molar-refractivity contribution in [1.29, 1.82) is 0 Å². The maximum atomic E-state index is 11.9. The molecule has 2 unspecified atom stereocenters. The fraction of sp³-hybridized carbons (Fsp3) is 0.455. The van der Waals surface area contributed by atoms with Crippen molar-refractivity contribution in [1.82, 2.24) is 4.98 Å². The summed E-state index contributed by atoms with van der Waals surface area (Å²) >= 11 is 3.29. The Kier molecular flexibility index (Phi) is 3.56. The van der Waals surface area contributed by atoms with Crippen molar-refractivity contribution >= 4 is 27.7 Å². The highest BCUT2D eigenvalue weighted by molar-refractivity contribution is 9.10. The summed E-state index contributed by atoms with van der Waals surface area (Å²) in [6.45, 7) is 2.58. The van der Waals surface area contributed by atoms with Crippen LogP contribution in [0.5, 0.6) is 0 Å². The topological polar surface area (TPSA) is 51.2 Å². The Labute approximate surface area is 103 Å². The highest BCUT2D eigenvalue weighted by Crippen LogP contribution is 2.22. The Morgan fingerprint density at radius 1 is 1.62 bits per heavy atom. The van der Waals surface area contributed by atoms with Crippen LogP contribution < -0.4 is 5.32 Å². The zero-order valence-corrected chi connectivity index (χ0v) is 10.5. The molecule has 0 radical (unpaired) electrons. The van der Waals surface area contributed by atoms with Crippen LogP contribution in [0.2, 0.25) is 0 Å². The lowest BCUT2D eigenvalue weighted by Crippen LogP contribution is -2.28. The van der Waals surface area contributed by atoms with Gasteiger partial charge < -0.3 is 10.1 Å². The van der Waals surface area contributed by atoms with Crippen LogP contribution in [-0.2, 0) is 9.53 Å². The average Bonchev–Trinajstić information content (AvgIpc) is 2.68. The minimum absolute atomic E-state index is 0.00421. The van der Waals surface area contributed by atoms with Gasteiger partial charge in [-0.3, -0.25) is 4.79 Å². The SMILES string of the molecule is CC1OCCC1C(=O)Nc1ccc(Br)cn1. The second-order valence-electron chi connectivity index (χ2n) is 3.82. The number of carbonyl (C=O) groups excluding carboxylic acids is 1. The number of nitrogens with zero attached hydrogens (tertiary/aromatic N) is 1. The molecule has 0 aliphatic carbocycles. The van der Waals surface area contributed by atoms with E-state index in [0.29, 0.717) is 12.4 Å². The second-order valence-corrected chi connectivity index (χ2v) is 4.74. The number of ether oxygens (including phenoxy) is 1. The molecule has 1 aromatic rings. The first kappa shape index (κ1) is 11.5. The normalized spacial score (nSPS) is 24.4. The summed E-state index contributed by atoms with van der Waals surface area (Å²) in [5.74, 6) is 0.498. The van der Waals surface area contributed by atoms with Gasteiger partial charge in [0.05, 0.1) is 12.0 Å². The van der Waals surface area contributed by atoms with E-state index in [2.05, 4.69) is 26.2 Å². The summed E-state index contributed by atoms with van der Waals surface area (Å²) in [6, 6.07) is 3.61. The van der Waals surface area contributed by atoms with Crippen molar-refractivity contribution in [2.75, 3.05) is 11.9 Å². The summed E-state index contributed by atoms with van der Waals surface area (Å²) in [5.41, 5.74) is 0. The molecule has 1 amide bonds. The molecule has 0 saturated carbocycles. The summed E-state index contributed by atoms with van der Waals surface area (Å²) < 4.78 is 6.25. The lowest BCUT2D eigenvalue weighted by Gasteiger charge is -2.13. The molecule has 0 bridgehead atoms. The Bertz CT molecular complexity index is 380. The molecule has 1 N–H and O–H groups in total. The smallest absolute Gasteiger partial charge is 0.231 e. The molecule has 0 spiro atoms. The van der Waals surface area contributed by atoms with Crippen LogP contribution in [0.4, 0.5) is 5.82 Å². The van der Waals surface area contributed by atoms with Crippen molar-refractivity contribution in [3.63, 3.8) is 0 Å². The van der Waals surface area contributed by atoms with Crippen molar-refractivity contribution in [3.8, 4) is 0 Å². The van der Waals surface area contributed by atoms with E-state index in [1.54, 1.807) is 12.3 Å². The number of rotatable bonds is 2. The molecule has 16 heavy (non-hydrogen) atoms. The van der Waals surface area contributed by atoms with Crippen LogP contribution in [0.15, 0.2) is 22.8 Å². The molecule has 2 atom stereocenters. The van der Waals surface area contributed by atoms with Crippen LogP contribution in [0.3, 0.4) is 0 Å². The number of hydrogen-bond acceptors (Lipinski definition) is 3. The van der Waals surface area contributed by atoms with Gasteiger partial charge in [-0.2, -0.15) is 0 Å². The monoisotopic (exact) mass is 284 g/mol. The Balaban J connectivity index is 1.99. The van der Waals surface area contributed by atoms with E-state index in [9.17, 15) is 4.79 Å². The van der Waals surface area contributed by atoms with Crippen molar-refractivity contribution in [3.05, 3.63) is 22.8 Å². The van der Waals surface area contributed by atoms with E-state index < -0.39 is 0 Å². The minimum atomic E-state index is -0.0644. The molecular weight excluding hydrogens is 272 g/mol. The van der Waals surface area contributed by atoms with Gasteiger partial charge in [0, 0.05) is 17.3 Å². The standard InChI is InChI=1S/C11H13BrN2O2/c1-7-9(4-5-16-7)11(15)14-10-3-2-8(12)6-13-10/h2-3,6-7,9H,4-5H2,1H3,(H,13,14,15). The molecule has 5 heteroatoms. The average molecular weight is 285 g/mol. The Hall–Kier alpha value is -0.940. The predicted octanol–water partition coefficient (Wildman–Crippen LogP) is 2.21. The third kappa shape index (κ3) is 2.59. The predicted molar refractivity (Wildman–Crippen MR) is 64.1 cm³/mol. The molecular formula is C11H13BrN2O2. The fourth-order valence-electron chi connectivity index (χ4n) is 1.74. The highest BCUT2D eigenvalue weighted by Gasteiger charge is 2.30. The zero-order valence-electron chi connectivity index (χ0n) is 8.94. The zero-order chi connectivity index (χ0) is 11.5. The maximum absolute atomic E-state index is 11.9. The molecule has 1 aliphatic heterocycles. The molecule has 2 rings (SSSR count). The summed E-state index contributed by atoms with van der Waals surface area (Å²) in [5, 5.41) is 2.79. The number of halogens is 1. The number of amides is 1. The van der Waals surface area contributed by atoms with Crippen LogP contribution in [-0.4, -0.2) is 23.6 Å². The lowest BCUT2D eigenvalue weighted by molar-refractivity contribution is -0.121. The first-order valence-corrected chi connectivity index (χ1v) is 6.00. The second kappa shape index (κ2) is 4.93. The molecule has 1 fully saturated rings. The van der Waals surface area contributed by atoms with E-state index in [-0.39, 0.29) is 17.9 Å². The molecule has 1 aromatic heterocycles. The van der Waals surface area contributed by atoms with Crippen molar-refractivity contribution in [2.45, 2.75) is 19.4 Å². The van der Waals surface area contributed by atoms with Crippen LogP contribution >= 0.6 is 15.9 Å². The molecule has 86 valence electrons. The molecule has 2 heterocycles. The fourth-order valence-corrected chi connectivity index (χ4v) is 1.98. The first-order valence-electron chi connectivity index (χ1n) is 5.21. The van der Waals surface area contributed by atoms with E-state index in [4.69, 9.17) is 4.74 Å². The van der Waals surface area contributed by atoms with Crippen LogP contribution in [0, 0.1) is 5.92 Å². The van der Waals surface area contributed by atoms with Crippen LogP contribution in [0.1, 0.15) is 13.3 Å². The maximum Gasteiger partial charge on any atom is 0.231 e. The number of pyridine rings is 1. The van der Waals surface area contributed by atoms with Gasteiger partial charge in [-0.1, -0.05) is 0 Å². The quantitative estimate of drug-likeness (QED) is 0.906. The van der Waals surface area contributed by atoms with Gasteiger partial charge in [-0.25, -0.2) is 4.98 Å². The summed E-state index contributed by atoms with van der Waals surface area (Å²) in [4.78, 5) is 16.0. The number of anilines is 1. The summed E-state index contributed by atoms with van der Waals surface area (Å²) in [7, 11) is 0. The van der Waals surface area contributed by atoms with E-state index in [1.807, 2.05) is 13.0 Å². The number of aromatic nitrogens is 1. The van der Waals surface area contributed by atoms with Gasteiger partial charge in [0.25, 0.3) is 0 Å². The van der Waals surface area contributed by atoms with E-state index in [1.165, 1.54) is 0 Å². The van der Waals surface area contributed by atoms with E-state index >= 15 is 0 Å². The number of hydrogen-bond donors (Lipinski definition) is 1. The molecule has 0 aromatic carbocycles. The van der Waals surface area contributed by atoms with Crippen molar-refractivity contribution in [2.24, 2.45) is 5.92 Å². The van der Waals surface area contributed by atoms with Gasteiger partial charge in [0.15, 0.2) is 0 Å². The van der Waals surface area contributed by atoms with Gasteiger partial charge in [-0.15, -0.1) is 0 Å². The van der Waals surface area contributed by atoms with Crippen molar-refractivity contribution < 1.29 is 9.53 Å². The number of carbonyl (C=O) groups is 1. The Morgan fingerprint density at radius 3 is 3.00 bits per heavy atom. The van der Waals surface area contributed by atoms with Gasteiger partial charge >= 0.3 is 0 Å². The van der Waals surface area contributed by atoms with E-state index in [0.717, 1.165) is 10.9 Å². The highest BCUT2D eigenvalue weighted by atomic mass is 79.9. The molecule has 4 nitrogen and oxygen atoms in total. The Morgan fingerprint density at radius 2 is 2.44 bits per heavy atom. The molecule has 1 aliphatic rings. The van der Waals surface area contributed by atoms with Gasteiger partial charge in [0.1, 0.15) is 5.82 Å². The number of nitrogens with one attached hydrogen (secondary N) is 1. The lowest BCUT2D eigenvalue weighted by atomic mass is 10.0. The third-order valence-corrected chi connectivity index (χ3v) is 3.16. The van der Waals surface area contributed by atoms with Gasteiger partial charge in [-0.05, 0) is 41.4 Å². The summed E-state index contributed by atoms with van der Waals surface area (Å²) in [6.07, 6.45) is 2.43.